The lowest BCUT2D eigenvalue weighted by atomic mass is 10.1. The van der Waals surface area contributed by atoms with Crippen molar-refractivity contribution in [1.82, 2.24) is 10.6 Å². The highest BCUT2D eigenvalue weighted by atomic mass is 16.5. The normalized spacial score (nSPS) is 15.8. The number of carbonyl (C=O) groups excluding carboxylic acids is 2. The van der Waals surface area contributed by atoms with E-state index in [1.807, 2.05) is 19.1 Å². The highest BCUT2D eigenvalue weighted by Crippen LogP contribution is 2.16. The molecule has 0 aliphatic carbocycles. The lowest BCUT2D eigenvalue weighted by molar-refractivity contribution is 0.0679. The Morgan fingerprint density at radius 3 is 2.25 bits per heavy atom. The number of carbonyl (C=O) groups is 2. The first kappa shape index (κ1) is 19.9. The largest absolute Gasteiger partial charge is 0.491 e. The zero-order chi connectivity index (χ0) is 19.8. The summed E-state index contributed by atoms with van der Waals surface area (Å²) < 4.78 is 11.2. The Balaban J connectivity index is 1.47. The number of nitrogens with one attached hydrogen (secondary N) is 2. The molecule has 1 atom stereocenters. The molecule has 1 aliphatic rings. The van der Waals surface area contributed by atoms with Gasteiger partial charge in [-0.25, -0.2) is 0 Å². The van der Waals surface area contributed by atoms with Gasteiger partial charge < -0.3 is 20.1 Å². The molecule has 1 fully saturated rings. The molecule has 1 saturated heterocycles. The molecule has 2 amide bonds. The number of hydrogen-bond donors (Lipinski definition) is 2. The van der Waals surface area contributed by atoms with Crippen LogP contribution in [0.5, 0.6) is 5.75 Å². The van der Waals surface area contributed by atoms with Gasteiger partial charge in [0.2, 0.25) is 0 Å². The lowest BCUT2D eigenvalue weighted by Crippen LogP contribution is -2.24. The summed E-state index contributed by atoms with van der Waals surface area (Å²) in [4.78, 5) is 24.1. The number of rotatable bonds is 8. The van der Waals surface area contributed by atoms with Gasteiger partial charge in [0.25, 0.3) is 11.8 Å². The van der Waals surface area contributed by atoms with Crippen LogP contribution in [0, 0.1) is 0 Å². The second-order valence-electron chi connectivity index (χ2n) is 6.71. The van der Waals surface area contributed by atoms with E-state index in [-0.39, 0.29) is 17.9 Å². The van der Waals surface area contributed by atoms with Crippen molar-refractivity contribution < 1.29 is 19.1 Å². The molecule has 0 bridgehead atoms. The SMILES string of the molecule is CCNC(=O)c1ccc(CNC(=O)c2ccc(OCC3CCCO3)cc2)cc1. The van der Waals surface area contributed by atoms with Crippen molar-refractivity contribution in [2.75, 3.05) is 19.8 Å². The molecule has 148 valence electrons. The fourth-order valence-electron chi connectivity index (χ4n) is 2.99. The molecule has 0 radical (unpaired) electrons. The van der Waals surface area contributed by atoms with E-state index in [2.05, 4.69) is 10.6 Å². The molecule has 6 nitrogen and oxygen atoms in total. The topological polar surface area (TPSA) is 76.7 Å². The molecular weight excluding hydrogens is 356 g/mol. The Labute approximate surface area is 165 Å². The third-order valence-electron chi connectivity index (χ3n) is 4.58. The Hall–Kier alpha value is -2.86. The molecule has 2 N–H and O–H groups in total. The maximum Gasteiger partial charge on any atom is 0.251 e. The molecule has 3 rings (SSSR count). The third-order valence-corrected chi connectivity index (χ3v) is 4.58. The predicted octanol–water partition coefficient (Wildman–Crippen LogP) is 2.92. The van der Waals surface area contributed by atoms with E-state index >= 15 is 0 Å². The van der Waals surface area contributed by atoms with Crippen LogP contribution in [-0.2, 0) is 11.3 Å². The van der Waals surface area contributed by atoms with E-state index in [0.717, 1.165) is 30.8 Å². The van der Waals surface area contributed by atoms with E-state index in [0.29, 0.717) is 30.8 Å². The molecule has 28 heavy (non-hydrogen) atoms. The monoisotopic (exact) mass is 382 g/mol. The maximum absolute atomic E-state index is 12.3. The van der Waals surface area contributed by atoms with Crippen molar-refractivity contribution in [1.29, 1.82) is 0 Å². The first-order chi connectivity index (χ1) is 13.7. The van der Waals surface area contributed by atoms with Crippen molar-refractivity contribution in [3.63, 3.8) is 0 Å². The van der Waals surface area contributed by atoms with Gasteiger partial charge in [0.05, 0.1) is 6.10 Å². The van der Waals surface area contributed by atoms with Crippen molar-refractivity contribution in [3.05, 3.63) is 65.2 Å². The number of hydrogen-bond acceptors (Lipinski definition) is 4. The van der Waals surface area contributed by atoms with Crippen molar-refractivity contribution in [2.45, 2.75) is 32.4 Å². The van der Waals surface area contributed by atoms with Gasteiger partial charge in [-0.15, -0.1) is 0 Å². The van der Waals surface area contributed by atoms with Gasteiger partial charge in [-0.2, -0.15) is 0 Å². The quantitative estimate of drug-likeness (QED) is 0.736. The van der Waals surface area contributed by atoms with E-state index in [1.165, 1.54) is 0 Å². The summed E-state index contributed by atoms with van der Waals surface area (Å²) in [5, 5.41) is 5.64. The van der Waals surface area contributed by atoms with Crippen LogP contribution in [0.4, 0.5) is 0 Å². The van der Waals surface area contributed by atoms with E-state index < -0.39 is 0 Å². The fraction of sp³-hybridized carbons (Fsp3) is 0.364. The summed E-state index contributed by atoms with van der Waals surface area (Å²) >= 11 is 0. The first-order valence-electron chi connectivity index (χ1n) is 9.65. The third kappa shape index (κ3) is 5.57. The zero-order valence-corrected chi connectivity index (χ0v) is 16.1. The molecule has 1 heterocycles. The first-order valence-corrected chi connectivity index (χ1v) is 9.65. The van der Waals surface area contributed by atoms with Gasteiger partial charge in [-0.1, -0.05) is 12.1 Å². The molecule has 6 heteroatoms. The van der Waals surface area contributed by atoms with Gasteiger partial charge in [0.15, 0.2) is 0 Å². The fourth-order valence-corrected chi connectivity index (χ4v) is 2.99. The average Bonchev–Trinajstić information content (AvgIpc) is 3.25. The van der Waals surface area contributed by atoms with Crippen molar-refractivity contribution in [3.8, 4) is 5.75 Å². The van der Waals surface area contributed by atoms with Gasteiger partial charge in [-0.05, 0) is 61.7 Å². The Morgan fingerprint density at radius 1 is 1.00 bits per heavy atom. The van der Waals surface area contributed by atoms with Crippen molar-refractivity contribution in [2.24, 2.45) is 0 Å². The standard InChI is InChI=1S/C22H26N2O4/c1-2-23-21(25)17-7-5-16(6-8-17)14-24-22(26)18-9-11-19(12-10-18)28-15-20-4-3-13-27-20/h5-12,20H,2-4,13-15H2,1H3,(H,23,25)(H,24,26). The van der Waals surface area contributed by atoms with Crippen LogP contribution < -0.4 is 15.4 Å². The minimum Gasteiger partial charge on any atom is -0.491 e. The van der Waals surface area contributed by atoms with Gasteiger partial charge in [0, 0.05) is 30.8 Å². The van der Waals surface area contributed by atoms with Crippen LogP contribution >= 0.6 is 0 Å². The number of ether oxygens (including phenoxy) is 2. The zero-order valence-electron chi connectivity index (χ0n) is 16.1. The highest BCUT2D eigenvalue weighted by Gasteiger charge is 2.16. The molecule has 1 unspecified atom stereocenters. The Kier molecular flexibility index (Phi) is 7.03. The number of amides is 2. The molecular formula is C22H26N2O4. The van der Waals surface area contributed by atoms with Crippen LogP contribution in [0.1, 0.15) is 46.0 Å². The van der Waals surface area contributed by atoms with Gasteiger partial charge in [0.1, 0.15) is 12.4 Å². The molecule has 1 aliphatic heterocycles. The van der Waals surface area contributed by atoms with Crippen LogP contribution in [0.2, 0.25) is 0 Å². The van der Waals surface area contributed by atoms with E-state index in [4.69, 9.17) is 9.47 Å². The van der Waals surface area contributed by atoms with Gasteiger partial charge in [-0.3, -0.25) is 9.59 Å². The molecule has 0 saturated carbocycles. The summed E-state index contributed by atoms with van der Waals surface area (Å²) in [5.74, 6) is 0.478. The average molecular weight is 382 g/mol. The maximum atomic E-state index is 12.3. The van der Waals surface area contributed by atoms with Gasteiger partial charge >= 0.3 is 0 Å². The van der Waals surface area contributed by atoms with Crippen LogP contribution in [0.25, 0.3) is 0 Å². The summed E-state index contributed by atoms with van der Waals surface area (Å²) in [6, 6.07) is 14.3. The molecule has 0 aromatic heterocycles. The smallest absolute Gasteiger partial charge is 0.251 e. The van der Waals surface area contributed by atoms with E-state index in [9.17, 15) is 9.59 Å². The summed E-state index contributed by atoms with van der Waals surface area (Å²) in [6.45, 7) is 4.21. The highest BCUT2D eigenvalue weighted by molar-refractivity contribution is 5.95. The Morgan fingerprint density at radius 2 is 1.64 bits per heavy atom. The van der Waals surface area contributed by atoms with Crippen LogP contribution in [0.15, 0.2) is 48.5 Å². The lowest BCUT2D eigenvalue weighted by Gasteiger charge is -2.12. The number of benzene rings is 2. The van der Waals surface area contributed by atoms with Crippen LogP contribution in [0.3, 0.4) is 0 Å². The summed E-state index contributed by atoms with van der Waals surface area (Å²) in [5.41, 5.74) is 2.11. The summed E-state index contributed by atoms with van der Waals surface area (Å²) in [6.07, 6.45) is 2.29. The second kappa shape index (κ2) is 9.90. The Bertz CT molecular complexity index is 781. The second-order valence-corrected chi connectivity index (χ2v) is 6.71. The predicted molar refractivity (Wildman–Crippen MR) is 107 cm³/mol. The minimum absolute atomic E-state index is 0.0973. The van der Waals surface area contributed by atoms with Crippen LogP contribution in [-0.4, -0.2) is 37.7 Å². The van der Waals surface area contributed by atoms with Crippen molar-refractivity contribution >= 4 is 11.8 Å². The summed E-state index contributed by atoms with van der Waals surface area (Å²) in [7, 11) is 0. The molecule has 2 aromatic rings. The molecule has 0 spiro atoms. The molecule has 2 aromatic carbocycles. The minimum atomic E-state index is -0.154. The van der Waals surface area contributed by atoms with E-state index in [1.54, 1.807) is 36.4 Å².